The van der Waals surface area contributed by atoms with Crippen molar-refractivity contribution >= 4 is 27.9 Å². The van der Waals surface area contributed by atoms with Gasteiger partial charge in [0.05, 0.1) is 13.2 Å². The van der Waals surface area contributed by atoms with Crippen LogP contribution >= 0.6 is 15.9 Å². The molecule has 1 amide bonds. The number of benzene rings is 2. The van der Waals surface area contributed by atoms with E-state index in [4.69, 9.17) is 4.74 Å². The highest BCUT2D eigenvalue weighted by Gasteiger charge is 2.28. The van der Waals surface area contributed by atoms with Gasteiger partial charge in [0.1, 0.15) is 5.75 Å². The number of ether oxygens (including phenoxy) is 1. The first-order valence-electron chi connectivity index (χ1n) is 8.05. The molecular formula is C20H20BrNO2. The van der Waals surface area contributed by atoms with Crippen molar-refractivity contribution in [2.75, 3.05) is 13.7 Å². The summed E-state index contributed by atoms with van der Waals surface area (Å²) in [5.74, 6) is 0.886. The summed E-state index contributed by atoms with van der Waals surface area (Å²) in [6, 6.07) is 16.0. The van der Waals surface area contributed by atoms with Crippen LogP contribution < -0.4 is 4.74 Å². The maximum Gasteiger partial charge on any atom is 0.247 e. The van der Waals surface area contributed by atoms with Gasteiger partial charge in [-0.1, -0.05) is 40.2 Å². The minimum atomic E-state index is 0.0558. The molecule has 3 nitrogen and oxygen atoms in total. The molecular weight excluding hydrogens is 366 g/mol. The van der Waals surface area contributed by atoms with Gasteiger partial charge < -0.3 is 9.64 Å². The number of amides is 1. The first kappa shape index (κ1) is 16.8. The highest BCUT2D eigenvalue weighted by atomic mass is 79.9. The number of methoxy groups -OCH3 is 1. The van der Waals surface area contributed by atoms with E-state index in [1.165, 1.54) is 0 Å². The second kappa shape index (κ2) is 7.67. The summed E-state index contributed by atoms with van der Waals surface area (Å²) in [6.07, 6.45) is 5.55. The molecule has 24 heavy (non-hydrogen) atoms. The predicted molar refractivity (Wildman–Crippen MR) is 99.9 cm³/mol. The van der Waals surface area contributed by atoms with Gasteiger partial charge in [0, 0.05) is 17.1 Å². The van der Waals surface area contributed by atoms with Gasteiger partial charge in [-0.25, -0.2) is 0 Å². The molecule has 0 spiro atoms. The molecule has 0 radical (unpaired) electrons. The van der Waals surface area contributed by atoms with E-state index < -0.39 is 0 Å². The molecule has 4 heteroatoms. The molecule has 2 aromatic carbocycles. The lowest BCUT2D eigenvalue weighted by atomic mass is 10.0. The minimum Gasteiger partial charge on any atom is -0.497 e. The van der Waals surface area contributed by atoms with Gasteiger partial charge >= 0.3 is 0 Å². The Balaban J connectivity index is 1.76. The zero-order chi connectivity index (χ0) is 16.9. The molecule has 124 valence electrons. The summed E-state index contributed by atoms with van der Waals surface area (Å²) in [5.41, 5.74) is 2.14. The van der Waals surface area contributed by atoms with Crippen molar-refractivity contribution in [3.63, 3.8) is 0 Å². The molecule has 0 bridgehead atoms. The second-order valence-corrected chi connectivity index (χ2v) is 6.77. The van der Waals surface area contributed by atoms with Crippen LogP contribution in [0.2, 0.25) is 0 Å². The van der Waals surface area contributed by atoms with Gasteiger partial charge in [-0.05, 0) is 54.3 Å². The van der Waals surface area contributed by atoms with Gasteiger partial charge in [0.15, 0.2) is 0 Å². The van der Waals surface area contributed by atoms with Crippen molar-refractivity contribution in [3.05, 3.63) is 70.2 Å². The number of carbonyl (C=O) groups is 1. The molecule has 1 fully saturated rings. The molecule has 1 heterocycles. The Morgan fingerprint density at radius 2 is 2.08 bits per heavy atom. The van der Waals surface area contributed by atoms with Gasteiger partial charge in [-0.15, -0.1) is 0 Å². The highest BCUT2D eigenvalue weighted by molar-refractivity contribution is 9.10. The van der Waals surface area contributed by atoms with E-state index in [1.54, 1.807) is 13.2 Å². The molecule has 0 aliphatic carbocycles. The lowest BCUT2D eigenvalue weighted by Crippen LogP contribution is -2.28. The molecule has 1 aliphatic heterocycles. The molecule has 0 N–H and O–H groups in total. The number of rotatable bonds is 4. The molecule has 1 unspecified atom stereocenters. The summed E-state index contributed by atoms with van der Waals surface area (Å²) in [5, 5.41) is 0. The van der Waals surface area contributed by atoms with Crippen LogP contribution in [0.25, 0.3) is 6.08 Å². The quantitative estimate of drug-likeness (QED) is 0.705. The summed E-state index contributed by atoms with van der Waals surface area (Å²) in [6.45, 7) is 0.795. The highest BCUT2D eigenvalue weighted by Crippen LogP contribution is 2.33. The molecule has 0 aromatic heterocycles. The Bertz CT molecular complexity index is 757. The number of hydrogen-bond acceptors (Lipinski definition) is 2. The van der Waals surface area contributed by atoms with Crippen LogP contribution in [-0.4, -0.2) is 24.5 Å². The van der Waals surface area contributed by atoms with Crippen LogP contribution in [0.5, 0.6) is 5.75 Å². The fraction of sp³-hybridized carbons (Fsp3) is 0.250. The number of carbonyl (C=O) groups excluding carboxylic acids is 1. The number of hydrogen-bond donors (Lipinski definition) is 0. The molecule has 3 rings (SSSR count). The van der Waals surface area contributed by atoms with Gasteiger partial charge in [-0.2, -0.15) is 0 Å². The van der Waals surface area contributed by atoms with Crippen LogP contribution in [0.4, 0.5) is 0 Å². The number of halogens is 1. The monoisotopic (exact) mass is 385 g/mol. The smallest absolute Gasteiger partial charge is 0.247 e. The number of nitrogens with zero attached hydrogens (tertiary/aromatic N) is 1. The van der Waals surface area contributed by atoms with Gasteiger partial charge in [0.2, 0.25) is 5.91 Å². The predicted octanol–water partition coefficient (Wildman–Crippen LogP) is 4.83. The summed E-state index contributed by atoms with van der Waals surface area (Å²) < 4.78 is 6.31. The Morgan fingerprint density at radius 1 is 1.25 bits per heavy atom. The zero-order valence-corrected chi connectivity index (χ0v) is 15.2. The second-order valence-electron chi connectivity index (χ2n) is 5.85. The average Bonchev–Trinajstić information content (AvgIpc) is 3.09. The summed E-state index contributed by atoms with van der Waals surface area (Å²) >= 11 is 3.45. The zero-order valence-electron chi connectivity index (χ0n) is 13.6. The third-order valence-corrected chi connectivity index (χ3v) is 4.77. The first-order valence-corrected chi connectivity index (χ1v) is 8.85. The maximum atomic E-state index is 12.6. The van der Waals surface area contributed by atoms with Crippen LogP contribution in [0.15, 0.2) is 59.1 Å². The van der Waals surface area contributed by atoms with Crippen molar-refractivity contribution in [1.29, 1.82) is 0 Å². The lowest BCUT2D eigenvalue weighted by Gasteiger charge is -2.24. The molecule has 1 atom stereocenters. The summed E-state index contributed by atoms with van der Waals surface area (Å²) in [4.78, 5) is 14.6. The van der Waals surface area contributed by atoms with Crippen molar-refractivity contribution in [3.8, 4) is 5.75 Å². The van der Waals surface area contributed by atoms with E-state index in [9.17, 15) is 4.79 Å². The third-order valence-electron chi connectivity index (χ3n) is 4.28. The van der Waals surface area contributed by atoms with Crippen molar-refractivity contribution in [2.45, 2.75) is 18.9 Å². The van der Waals surface area contributed by atoms with Gasteiger partial charge in [-0.3, -0.25) is 4.79 Å². The molecule has 1 aliphatic rings. The first-order chi connectivity index (χ1) is 11.7. The maximum absolute atomic E-state index is 12.6. The van der Waals surface area contributed by atoms with Gasteiger partial charge in [0.25, 0.3) is 0 Å². The molecule has 0 saturated carbocycles. The van der Waals surface area contributed by atoms with Crippen LogP contribution in [-0.2, 0) is 4.79 Å². The third kappa shape index (κ3) is 3.88. The molecule has 1 saturated heterocycles. The average molecular weight is 386 g/mol. The van der Waals surface area contributed by atoms with Crippen molar-refractivity contribution in [2.24, 2.45) is 0 Å². The lowest BCUT2D eigenvalue weighted by molar-refractivity contribution is -0.126. The largest absolute Gasteiger partial charge is 0.497 e. The SMILES string of the molecule is COc1cccc(C2CCCN2C(=O)/C=C/c2cccc(Br)c2)c1. The Labute approximate surface area is 151 Å². The van der Waals surface area contributed by atoms with Crippen LogP contribution in [0, 0.1) is 0 Å². The fourth-order valence-electron chi connectivity index (χ4n) is 3.10. The molecule has 2 aromatic rings. The Hall–Kier alpha value is -2.07. The van der Waals surface area contributed by atoms with E-state index in [0.29, 0.717) is 0 Å². The summed E-state index contributed by atoms with van der Waals surface area (Å²) in [7, 11) is 1.66. The van der Waals surface area contributed by atoms with Crippen molar-refractivity contribution in [1.82, 2.24) is 4.90 Å². The van der Waals surface area contributed by atoms with E-state index >= 15 is 0 Å². The van der Waals surface area contributed by atoms with E-state index in [1.807, 2.05) is 53.4 Å². The standard InChI is InChI=1S/C20H20BrNO2/c1-24-18-8-3-6-16(14-18)19-9-4-12-22(19)20(23)11-10-15-5-2-7-17(21)13-15/h2-3,5-8,10-11,13-14,19H,4,9,12H2,1H3/b11-10+. The Morgan fingerprint density at radius 3 is 2.88 bits per heavy atom. The fourth-order valence-corrected chi connectivity index (χ4v) is 3.52. The van der Waals surface area contributed by atoms with Crippen LogP contribution in [0.1, 0.15) is 30.0 Å². The Kier molecular flexibility index (Phi) is 5.36. The van der Waals surface area contributed by atoms with Crippen molar-refractivity contribution < 1.29 is 9.53 Å². The normalized spacial score (nSPS) is 17.4. The number of likely N-dealkylation sites (tertiary alicyclic amines) is 1. The van der Waals surface area contributed by atoms with E-state index in [-0.39, 0.29) is 11.9 Å². The minimum absolute atomic E-state index is 0.0558. The van der Waals surface area contributed by atoms with E-state index in [0.717, 1.165) is 40.7 Å². The van der Waals surface area contributed by atoms with E-state index in [2.05, 4.69) is 22.0 Å². The topological polar surface area (TPSA) is 29.5 Å². The van der Waals surface area contributed by atoms with Crippen LogP contribution in [0.3, 0.4) is 0 Å².